The van der Waals surface area contributed by atoms with E-state index in [0.29, 0.717) is 17.9 Å². The molecule has 1 spiro atoms. The van der Waals surface area contributed by atoms with Crippen LogP contribution in [0.25, 0.3) is 6.08 Å². The van der Waals surface area contributed by atoms with Crippen molar-refractivity contribution in [3.8, 4) is 0 Å². The summed E-state index contributed by atoms with van der Waals surface area (Å²) in [6.07, 6.45) is 5.91. The number of carboxylic acids is 1. The standard InChI is InChI=1S/C28H26ClNO2/c29-23-10-6-11-24(19-23)30-28(26(31)32)15-13-27(14-16-28)22(17-20-7-2-1-3-8-20)18-21-9-4-5-12-25(21)27/h1-12,18-19,30H,13-17H2,(H,31,32). The number of fused-ring (bicyclic) bond motifs is 2. The van der Waals surface area contributed by atoms with Gasteiger partial charge in [0.05, 0.1) is 0 Å². The molecule has 3 aromatic carbocycles. The van der Waals surface area contributed by atoms with Crippen molar-refractivity contribution in [2.24, 2.45) is 0 Å². The van der Waals surface area contributed by atoms with Gasteiger partial charge in [-0.25, -0.2) is 4.79 Å². The Hall–Kier alpha value is -3.04. The molecule has 162 valence electrons. The van der Waals surface area contributed by atoms with Gasteiger partial charge >= 0.3 is 5.97 Å². The van der Waals surface area contributed by atoms with Gasteiger partial charge in [0.2, 0.25) is 0 Å². The molecule has 1 saturated carbocycles. The Balaban J connectivity index is 1.47. The first-order chi connectivity index (χ1) is 15.5. The van der Waals surface area contributed by atoms with Crippen molar-refractivity contribution in [2.75, 3.05) is 5.32 Å². The Morgan fingerprint density at radius 1 is 0.906 bits per heavy atom. The summed E-state index contributed by atoms with van der Waals surface area (Å²) in [7, 11) is 0. The Morgan fingerprint density at radius 2 is 1.62 bits per heavy atom. The quantitative estimate of drug-likeness (QED) is 0.459. The maximum absolute atomic E-state index is 12.5. The zero-order valence-electron chi connectivity index (χ0n) is 17.9. The van der Waals surface area contributed by atoms with E-state index in [9.17, 15) is 9.90 Å². The molecule has 3 nitrogen and oxygen atoms in total. The highest BCUT2D eigenvalue weighted by molar-refractivity contribution is 6.30. The van der Waals surface area contributed by atoms with Crippen molar-refractivity contribution in [1.29, 1.82) is 0 Å². The molecular formula is C28H26ClNO2. The summed E-state index contributed by atoms with van der Waals surface area (Å²) >= 11 is 6.14. The maximum Gasteiger partial charge on any atom is 0.329 e. The lowest BCUT2D eigenvalue weighted by Gasteiger charge is -2.45. The largest absolute Gasteiger partial charge is 0.480 e. The molecule has 0 unspecified atom stereocenters. The molecule has 32 heavy (non-hydrogen) atoms. The fraction of sp³-hybridized carbons (Fsp3) is 0.250. The molecule has 1 fully saturated rings. The summed E-state index contributed by atoms with van der Waals surface area (Å²) in [6, 6.07) is 26.4. The minimum absolute atomic E-state index is 0.110. The third kappa shape index (κ3) is 3.61. The van der Waals surface area contributed by atoms with Crippen LogP contribution in [0.1, 0.15) is 42.4 Å². The van der Waals surface area contributed by atoms with E-state index in [-0.39, 0.29) is 5.41 Å². The second-order valence-electron chi connectivity index (χ2n) is 9.02. The molecule has 0 aromatic heterocycles. The smallest absolute Gasteiger partial charge is 0.329 e. The Morgan fingerprint density at radius 3 is 2.34 bits per heavy atom. The summed E-state index contributed by atoms with van der Waals surface area (Å²) in [6.45, 7) is 0. The Bertz CT molecular complexity index is 1180. The van der Waals surface area contributed by atoms with Crippen molar-refractivity contribution in [1.82, 2.24) is 0 Å². The van der Waals surface area contributed by atoms with Gasteiger partial charge in [0.1, 0.15) is 5.54 Å². The van der Waals surface area contributed by atoms with Gasteiger partial charge in [-0.2, -0.15) is 0 Å². The number of hydrogen-bond acceptors (Lipinski definition) is 2. The van der Waals surface area contributed by atoms with Crippen LogP contribution in [0.4, 0.5) is 5.69 Å². The molecule has 0 amide bonds. The summed E-state index contributed by atoms with van der Waals surface area (Å²) in [4.78, 5) is 12.5. The van der Waals surface area contributed by atoms with Crippen molar-refractivity contribution in [3.63, 3.8) is 0 Å². The van der Waals surface area contributed by atoms with Crippen LogP contribution in [0.3, 0.4) is 0 Å². The van der Waals surface area contributed by atoms with Crippen molar-refractivity contribution < 1.29 is 9.90 Å². The second kappa shape index (κ2) is 8.14. The van der Waals surface area contributed by atoms with Gasteiger partial charge in [0.15, 0.2) is 0 Å². The van der Waals surface area contributed by atoms with Crippen LogP contribution in [0.5, 0.6) is 0 Å². The zero-order chi connectivity index (χ0) is 22.2. The summed E-state index contributed by atoms with van der Waals surface area (Å²) in [5, 5.41) is 14.2. The van der Waals surface area contributed by atoms with E-state index in [2.05, 4.69) is 59.9 Å². The van der Waals surface area contributed by atoms with Gasteiger partial charge in [0.25, 0.3) is 0 Å². The molecule has 4 heteroatoms. The minimum atomic E-state index is -0.995. The van der Waals surface area contributed by atoms with E-state index in [1.54, 1.807) is 12.1 Å². The first-order valence-corrected chi connectivity index (χ1v) is 11.5. The highest BCUT2D eigenvalue weighted by Crippen LogP contribution is 2.54. The number of carbonyl (C=O) groups is 1. The number of rotatable bonds is 5. The predicted octanol–water partition coefficient (Wildman–Crippen LogP) is 6.73. The summed E-state index contributed by atoms with van der Waals surface area (Å²) < 4.78 is 0. The molecular weight excluding hydrogens is 418 g/mol. The molecule has 0 atom stereocenters. The number of hydrogen-bond donors (Lipinski definition) is 2. The molecule has 5 rings (SSSR count). The van der Waals surface area contributed by atoms with Crippen LogP contribution in [0.2, 0.25) is 5.02 Å². The van der Waals surface area contributed by atoms with E-state index in [0.717, 1.165) is 24.9 Å². The lowest BCUT2D eigenvalue weighted by atomic mass is 9.61. The highest BCUT2D eigenvalue weighted by Gasteiger charge is 2.51. The fourth-order valence-electron chi connectivity index (χ4n) is 5.52. The molecule has 3 aromatic rings. The van der Waals surface area contributed by atoms with Crippen LogP contribution in [0, 0.1) is 0 Å². The zero-order valence-corrected chi connectivity index (χ0v) is 18.6. The lowest BCUT2D eigenvalue weighted by molar-refractivity contribution is -0.143. The van der Waals surface area contributed by atoms with E-state index >= 15 is 0 Å². The number of benzene rings is 3. The van der Waals surface area contributed by atoms with Gasteiger partial charge < -0.3 is 10.4 Å². The monoisotopic (exact) mass is 443 g/mol. The number of nitrogens with one attached hydrogen (secondary N) is 1. The van der Waals surface area contributed by atoms with Crippen LogP contribution in [-0.4, -0.2) is 16.6 Å². The second-order valence-corrected chi connectivity index (χ2v) is 9.46. The van der Waals surface area contributed by atoms with Gasteiger partial charge in [-0.3, -0.25) is 0 Å². The van der Waals surface area contributed by atoms with E-state index in [4.69, 9.17) is 11.6 Å². The summed E-state index contributed by atoms with van der Waals surface area (Å²) in [5.74, 6) is -0.799. The van der Waals surface area contributed by atoms with Gasteiger partial charge in [-0.1, -0.05) is 83.9 Å². The molecule has 2 N–H and O–H groups in total. The molecule has 0 aliphatic heterocycles. The van der Waals surface area contributed by atoms with Crippen LogP contribution in [0.15, 0.2) is 84.4 Å². The number of halogens is 1. The Kier molecular flexibility index (Phi) is 5.30. The molecule has 0 saturated heterocycles. The molecule has 0 bridgehead atoms. The highest BCUT2D eigenvalue weighted by atomic mass is 35.5. The van der Waals surface area contributed by atoms with Gasteiger partial charge in [-0.15, -0.1) is 0 Å². The SMILES string of the molecule is O=C(O)C1(Nc2cccc(Cl)c2)CCC2(CC1)C(Cc1ccccc1)=Cc1ccccc12. The van der Waals surface area contributed by atoms with Crippen molar-refractivity contribution in [3.05, 3.63) is 106 Å². The average molecular weight is 444 g/mol. The number of aliphatic carboxylic acids is 1. The first kappa shape index (κ1) is 20.8. The third-order valence-corrected chi connectivity index (χ3v) is 7.47. The molecule has 0 radical (unpaired) electrons. The molecule has 2 aliphatic rings. The van der Waals surface area contributed by atoms with Crippen molar-refractivity contribution in [2.45, 2.75) is 43.1 Å². The number of anilines is 1. The number of carboxylic acid groups (broad SMARTS) is 1. The van der Waals surface area contributed by atoms with Crippen LogP contribution in [-0.2, 0) is 16.6 Å². The van der Waals surface area contributed by atoms with Crippen LogP contribution < -0.4 is 5.32 Å². The lowest BCUT2D eigenvalue weighted by Crippen LogP contribution is -2.52. The average Bonchev–Trinajstić information content (AvgIpc) is 3.09. The maximum atomic E-state index is 12.5. The predicted molar refractivity (Wildman–Crippen MR) is 130 cm³/mol. The topological polar surface area (TPSA) is 49.3 Å². The van der Waals surface area contributed by atoms with E-state index < -0.39 is 11.5 Å². The normalized spacial score (nSPS) is 24.1. The van der Waals surface area contributed by atoms with Crippen molar-refractivity contribution >= 4 is 29.3 Å². The van der Waals surface area contributed by atoms with Gasteiger partial charge in [0, 0.05) is 16.1 Å². The van der Waals surface area contributed by atoms with E-state index in [1.165, 1.54) is 22.3 Å². The van der Waals surface area contributed by atoms with Gasteiger partial charge in [-0.05, 0) is 67.0 Å². The Labute approximate surface area is 193 Å². The number of allylic oxidation sites excluding steroid dienone is 1. The first-order valence-electron chi connectivity index (χ1n) is 11.1. The summed E-state index contributed by atoms with van der Waals surface area (Å²) in [5.41, 5.74) is 4.94. The van der Waals surface area contributed by atoms with E-state index in [1.807, 2.05) is 18.2 Å². The fourth-order valence-corrected chi connectivity index (χ4v) is 5.71. The molecule has 2 aliphatic carbocycles. The van der Waals surface area contributed by atoms with Crippen LogP contribution >= 0.6 is 11.6 Å². The molecule has 0 heterocycles. The third-order valence-electron chi connectivity index (χ3n) is 7.23. The minimum Gasteiger partial charge on any atom is -0.480 e.